The van der Waals surface area contributed by atoms with E-state index in [9.17, 15) is 35.1 Å². The molecule has 468 valence electrons. The number of aromatic amines is 1. The van der Waals surface area contributed by atoms with E-state index in [0.29, 0.717) is 50.6 Å². The summed E-state index contributed by atoms with van der Waals surface area (Å²) in [6.45, 7) is 5.85. The molecule has 7 aromatic rings. The highest BCUT2D eigenvalue weighted by Gasteiger charge is 2.44. The fourth-order valence-corrected chi connectivity index (χ4v) is 15.8. The number of esters is 1. The van der Waals surface area contributed by atoms with Crippen LogP contribution in [-0.2, 0) is 38.4 Å². The van der Waals surface area contributed by atoms with E-state index in [0.717, 1.165) is 85.3 Å². The van der Waals surface area contributed by atoms with Gasteiger partial charge in [-0.2, -0.15) is 0 Å². The Labute approximate surface area is 530 Å². The number of aromatic hydroxyl groups is 3. The second kappa shape index (κ2) is 25.2. The van der Waals surface area contributed by atoms with Gasteiger partial charge in [-0.3, -0.25) is 14.4 Å². The lowest BCUT2D eigenvalue weighted by atomic mass is 9.61. The summed E-state index contributed by atoms with van der Waals surface area (Å²) in [6, 6.07) is 27.0. The van der Waals surface area contributed by atoms with E-state index in [1.807, 2.05) is 54.7 Å². The smallest absolute Gasteiger partial charge is 0.302 e. The molecule has 5 aromatic carbocycles. The Hall–Kier alpha value is -9.23. The quantitative estimate of drug-likeness (QED) is 0.0475. The third-order valence-electron chi connectivity index (χ3n) is 20.2. The van der Waals surface area contributed by atoms with Gasteiger partial charge >= 0.3 is 5.97 Å². The van der Waals surface area contributed by atoms with E-state index >= 15 is 4.79 Å². The summed E-state index contributed by atoms with van der Waals surface area (Å²) in [7, 11) is 1.47. The fraction of sp³-hybridized carbons (Fsp3) is 0.355. The average Bonchev–Trinajstić information content (AvgIpc) is 1.62. The van der Waals surface area contributed by atoms with Crippen LogP contribution in [0.4, 0.5) is 5.69 Å². The van der Waals surface area contributed by atoms with Crippen LogP contribution < -0.4 is 19.7 Å². The zero-order chi connectivity index (χ0) is 63.2. The van der Waals surface area contributed by atoms with Crippen molar-refractivity contribution >= 4 is 34.0 Å². The SMILES string of the molecule is COc1cc(C2CC(=O)CC(OC(C)=O)CCC34Cc5c[nH]cc5C(C#CCC3=CC=CC4C)C(c3cccc(O)c3)C3=CCNC(=C3)N(CCC(C)=O)c3ccc4c5c(n2cc35)CCC4O)cc(O)c1Oc1cc(O)cc(C2c3ccccc3CCC2CO)c1. The third kappa shape index (κ3) is 11.7. The van der Waals surface area contributed by atoms with Gasteiger partial charge in [-0.05, 0) is 162 Å². The topological polar surface area (TPSA) is 216 Å². The van der Waals surface area contributed by atoms with Crippen molar-refractivity contribution in [3.05, 3.63) is 207 Å². The lowest BCUT2D eigenvalue weighted by molar-refractivity contribution is -0.148. The molecular weight excluding hydrogens is 1140 g/mol. The molecule has 15 nitrogen and oxygen atoms in total. The number of phenols is 3. The Morgan fingerprint density at radius 2 is 1.69 bits per heavy atom. The van der Waals surface area contributed by atoms with E-state index in [1.165, 1.54) is 25.7 Å². The van der Waals surface area contributed by atoms with Crippen molar-refractivity contribution in [3.8, 4) is 46.3 Å². The molecule has 6 aliphatic rings. The zero-order valence-electron chi connectivity index (χ0n) is 51.9. The minimum atomic E-state index is -0.819. The largest absolute Gasteiger partial charge is 0.508 e. The molecule has 9 unspecified atom stereocenters. The summed E-state index contributed by atoms with van der Waals surface area (Å²) >= 11 is 0. The van der Waals surface area contributed by atoms with Gasteiger partial charge in [0.15, 0.2) is 11.5 Å². The number of nitrogens with zero attached hydrogens (tertiary/aromatic N) is 2. The van der Waals surface area contributed by atoms with Gasteiger partial charge in [-0.15, -0.1) is 0 Å². The highest BCUT2D eigenvalue weighted by atomic mass is 16.5. The molecule has 0 fully saturated rings. The summed E-state index contributed by atoms with van der Waals surface area (Å²) in [6.07, 6.45) is 19.8. The molecular formula is C76H78N4O11. The van der Waals surface area contributed by atoms with Crippen LogP contribution in [0, 0.1) is 29.1 Å². The number of nitrogens with one attached hydrogen (secondary N) is 2. The third-order valence-corrected chi connectivity index (χ3v) is 20.2. The number of phenolic OH excluding ortho intramolecular Hbond substituents is 3. The molecule has 2 aliphatic heterocycles. The molecule has 9 atom stereocenters. The minimum absolute atomic E-state index is 0.00435. The number of H-pyrrole nitrogens is 1. The molecule has 0 amide bonds. The molecule has 13 rings (SSSR count). The number of carbonyl (C=O) groups excluding carboxylic acids is 3. The molecule has 1 spiro atoms. The number of hydrogen-bond acceptors (Lipinski definition) is 13. The van der Waals surface area contributed by atoms with E-state index < -0.39 is 29.6 Å². The molecule has 15 heteroatoms. The van der Waals surface area contributed by atoms with Crippen LogP contribution in [0.2, 0.25) is 0 Å². The lowest BCUT2D eigenvalue weighted by Gasteiger charge is -2.43. The second-order valence-corrected chi connectivity index (χ2v) is 25.7. The van der Waals surface area contributed by atoms with Crippen molar-refractivity contribution in [1.82, 2.24) is 14.9 Å². The number of ether oxygens (including phenoxy) is 3. The first-order chi connectivity index (χ1) is 44.1. The van der Waals surface area contributed by atoms with Crippen molar-refractivity contribution in [2.75, 3.05) is 31.7 Å². The maximum absolute atomic E-state index is 15.5. The highest BCUT2D eigenvalue weighted by molar-refractivity contribution is 6.00. The number of carbonyl (C=O) groups is 3. The molecule has 4 heterocycles. The lowest BCUT2D eigenvalue weighted by Crippen LogP contribution is -2.36. The van der Waals surface area contributed by atoms with Gasteiger partial charge in [0.2, 0.25) is 5.75 Å². The van der Waals surface area contributed by atoms with E-state index in [4.69, 9.17) is 14.2 Å². The molecule has 6 bridgehead atoms. The number of dihydropyridines is 1. The Bertz CT molecular complexity index is 4210. The number of rotatable bonds is 11. The molecule has 0 saturated heterocycles. The summed E-state index contributed by atoms with van der Waals surface area (Å²) in [5.74, 6) is 6.56. The molecule has 2 aromatic heterocycles. The Kier molecular flexibility index (Phi) is 16.8. The highest BCUT2D eigenvalue weighted by Crippen LogP contribution is 2.53. The maximum Gasteiger partial charge on any atom is 0.302 e. The summed E-state index contributed by atoms with van der Waals surface area (Å²) in [5, 5.41) is 62.8. The maximum atomic E-state index is 15.5. The van der Waals surface area contributed by atoms with Crippen molar-refractivity contribution in [3.63, 3.8) is 0 Å². The predicted molar refractivity (Wildman–Crippen MR) is 349 cm³/mol. The number of methoxy groups -OCH3 is 1. The van der Waals surface area contributed by atoms with E-state index in [2.05, 4.69) is 93.4 Å². The van der Waals surface area contributed by atoms with Crippen LogP contribution in [0.25, 0.3) is 10.8 Å². The number of aliphatic hydroxyl groups is 2. The van der Waals surface area contributed by atoms with Crippen molar-refractivity contribution in [2.45, 2.75) is 127 Å². The Morgan fingerprint density at radius 3 is 2.51 bits per heavy atom. The average molecular weight is 1220 g/mol. The van der Waals surface area contributed by atoms with Crippen LogP contribution in [0.3, 0.4) is 0 Å². The van der Waals surface area contributed by atoms with Crippen LogP contribution >= 0.6 is 0 Å². The van der Waals surface area contributed by atoms with Gasteiger partial charge in [0, 0.05) is 111 Å². The predicted octanol–water partition coefficient (Wildman–Crippen LogP) is 13.0. The zero-order valence-corrected chi connectivity index (χ0v) is 51.9. The first kappa shape index (κ1) is 60.7. The molecule has 7 N–H and O–H groups in total. The van der Waals surface area contributed by atoms with Crippen LogP contribution in [0.1, 0.15) is 152 Å². The van der Waals surface area contributed by atoms with E-state index in [-0.39, 0.29) is 108 Å². The normalized spacial score (nSPS) is 24.5. The van der Waals surface area contributed by atoms with Crippen molar-refractivity contribution in [1.29, 1.82) is 0 Å². The monoisotopic (exact) mass is 1220 g/mol. The minimum Gasteiger partial charge on any atom is -0.508 e. The molecule has 91 heavy (non-hydrogen) atoms. The van der Waals surface area contributed by atoms with Crippen LogP contribution in [-0.4, -0.2) is 85.5 Å². The molecule has 0 saturated carbocycles. The standard InChI is InChI=1S/C76H78N4O11/c1-44-10-7-13-54-14-9-17-61-63-41-77-40-53(63)39-76(44,54)27-24-58(90-46(3)83)36-57(86)38-67(51-33-69(88)75(70(34-51)89-4)91-59-32-52(31-56(85)37-59)73-50(43-81)19-18-47-11-5-6-16-60(47)73)80-42-64-65(21-20-62-68(87)23-22-66(80)74(62)64)79(29-26-45(2)82)71-35-49(25-28-78-71)72(61)48-12-8-15-55(84)30-48/h5-8,10-13,15-16,20-21,25,30-35,37,40-42,44,50,58,61,67-68,72-73,77-78,81,84-85,87-88H,14,18-19,22-24,26-29,36,38-39,43H2,1-4H3. The number of fused-ring (bicyclic) bond motifs is 4. The van der Waals surface area contributed by atoms with Gasteiger partial charge in [-0.1, -0.05) is 91.1 Å². The van der Waals surface area contributed by atoms with Crippen LogP contribution in [0.15, 0.2) is 157 Å². The number of Topliss-reactive ketones (excluding diaryl/α,β-unsaturated/α-hetero) is 2. The fourth-order valence-electron chi connectivity index (χ4n) is 15.8. The summed E-state index contributed by atoms with van der Waals surface area (Å²) in [4.78, 5) is 47.6. The van der Waals surface area contributed by atoms with Gasteiger partial charge < -0.3 is 59.5 Å². The number of ketones is 2. The van der Waals surface area contributed by atoms with Crippen LogP contribution in [0.5, 0.6) is 34.5 Å². The van der Waals surface area contributed by atoms with Crippen molar-refractivity contribution < 1.29 is 54.1 Å². The number of benzene rings is 5. The first-order valence-electron chi connectivity index (χ1n) is 32.0. The van der Waals surface area contributed by atoms with Gasteiger partial charge in [0.25, 0.3) is 0 Å². The van der Waals surface area contributed by atoms with E-state index in [1.54, 1.807) is 31.2 Å². The number of aryl methyl sites for hydroxylation is 2. The van der Waals surface area contributed by atoms with Gasteiger partial charge in [-0.25, -0.2) is 0 Å². The summed E-state index contributed by atoms with van der Waals surface area (Å²) in [5.41, 5.74) is 10.4. The number of aliphatic hydroxyl groups excluding tert-OH is 2. The van der Waals surface area contributed by atoms with Gasteiger partial charge in [0.05, 0.1) is 30.9 Å². The number of hydrogen-bond donors (Lipinski definition) is 7. The molecule has 4 aliphatic carbocycles. The Morgan fingerprint density at radius 1 is 0.846 bits per heavy atom. The number of aromatic nitrogens is 2. The molecule has 0 radical (unpaired) electrons. The van der Waals surface area contributed by atoms with Crippen molar-refractivity contribution in [2.24, 2.45) is 17.3 Å². The first-order valence-corrected chi connectivity index (χ1v) is 32.0. The number of allylic oxidation sites excluding steroid dienone is 6. The number of anilines is 1. The second-order valence-electron chi connectivity index (χ2n) is 25.7. The van der Waals surface area contributed by atoms with Gasteiger partial charge in [0.1, 0.15) is 40.7 Å². The Balaban J connectivity index is 0.984. The summed E-state index contributed by atoms with van der Waals surface area (Å²) < 4.78 is 21.0.